The number of hydrogen-bond acceptors (Lipinski definition) is 5. The van der Waals surface area contributed by atoms with Crippen molar-refractivity contribution in [2.24, 2.45) is 0 Å². The van der Waals surface area contributed by atoms with Gasteiger partial charge in [0.25, 0.3) is 5.91 Å². The number of thiophene rings is 1. The molecular formula is C14H20ClN3O3S. The van der Waals surface area contributed by atoms with Crippen LogP contribution in [0.1, 0.15) is 16.1 Å². The summed E-state index contributed by atoms with van der Waals surface area (Å²) in [6.45, 7) is 1.31. The molecule has 1 aliphatic heterocycles. The minimum atomic E-state index is -0.692. The van der Waals surface area contributed by atoms with E-state index in [-0.39, 0.29) is 24.4 Å². The Balaban J connectivity index is 1.85. The van der Waals surface area contributed by atoms with Crippen molar-refractivity contribution in [1.82, 2.24) is 15.1 Å². The van der Waals surface area contributed by atoms with Gasteiger partial charge in [-0.2, -0.15) is 0 Å². The maximum absolute atomic E-state index is 12.1. The highest BCUT2D eigenvalue weighted by molar-refractivity contribution is 7.17. The quantitative estimate of drug-likeness (QED) is 0.840. The van der Waals surface area contributed by atoms with Gasteiger partial charge in [-0.25, -0.2) is 0 Å². The maximum Gasteiger partial charge on any atom is 0.261 e. The lowest BCUT2D eigenvalue weighted by Gasteiger charge is -2.36. The van der Waals surface area contributed by atoms with E-state index in [2.05, 4.69) is 5.32 Å². The second kappa shape index (κ2) is 7.41. The predicted molar refractivity (Wildman–Crippen MR) is 86.3 cm³/mol. The zero-order valence-electron chi connectivity index (χ0n) is 12.6. The first-order chi connectivity index (χ1) is 10.4. The van der Waals surface area contributed by atoms with Crippen LogP contribution < -0.4 is 5.32 Å². The van der Waals surface area contributed by atoms with E-state index in [9.17, 15) is 14.7 Å². The standard InChI is InChI=1S/C14H20ClN3O3S/c1-17(2)13(20)8-18-6-5-9(10(19)7-18)16-14(21)11-3-4-12(15)22-11/h3-4,9-10,19H,5-8H2,1-2H3,(H,16,21)/t9-,10-/m1/s1. The molecule has 22 heavy (non-hydrogen) atoms. The number of aliphatic hydroxyl groups excluding tert-OH is 1. The average Bonchev–Trinajstić information content (AvgIpc) is 2.88. The van der Waals surface area contributed by atoms with Crippen LogP contribution in [0.25, 0.3) is 0 Å². The molecular weight excluding hydrogens is 326 g/mol. The van der Waals surface area contributed by atoms with Crippen molar-refractivity contribution < 1.29 is 14.7 Å². The summed E-state index contributed by atoms with van der Waals surface area (Å²) < 4.78 is 0.558. The zero-order chi connectivity index (χ0) is 16.3. The summed E-state index contributed by atoms with van der Waals surface area (Å²) in [7, 11) is 3.41. The molecule has 2 atom stereocenters. The Bertz CT molecular complexity index is 549. The van der Waals surface area contributed by atoms with Gasteiger partial charge in [-0.1, -0.05) is 11.6 Å². The fourth-order valence-corrected chi connectivity index (χ4v) is 3.26. The molecule has 1 saturated heterocycles. The van der Waals surface area contributed by atoms with Crippen molar-refractivity contribution in [3.63, 3.8) is 0 Å². The lowest BCUT2D eigenvalue weighted by Crippen LogP contribution is -2.55. The van der Waals surface area contributed by atoms with Crippen LogP contribution in [0.2, 0.25) is 4.34 Å². The van der Waals surface area contributed by atoms with E-state index in [1.54, 1.807) is 26.2 Å². The average molecular weight is 346 g/mol. The molecule has 0 spiro atoms. The molecule has 1 aromatic rings. The van der Waals surface area contributed by atoms with E-state index in [0.29, 0.717) is 28.7 Å². The van der Waals surface area contributed by atoms with Crippen molar-refractivity contribution in [3.05, 3.63) is 21.3 Å². The first-order valence-electron chi connectivity index (χ1n) is 7.03. The number of rotatable bonds is 4. The van der Waals surface area contributed by atoms with Crippen LogP contribution in [0.5, 0.6) is 0 Å². The SMILES string of the molecule is CN(C)C(=O)CN1CC[C@@H](NC(=O)c2ccc(Cl)s2)[C@H](O)C1. The number of piperidine rings is 1. The molecule has 0 unspecified atom stereocenters. The van der Waals surface area contributed by atoms with Crippen LogP contribution in [0.3, 0.4) is 0 Å². The number of hydrogen-bond donors (Lipinski definition) is 2. The van der Waals surface area contributed by atoms with Gasteiger partial charge in [-0.15, -0.1) is 11.3 Å². The Morgan fingerprint density at radius 3 is 2.77 bits per heavy atom. The maximum atomic E-state index is 12.1. The third-order valence-corrected chi connectivity index (χ3v) is 4.87. The number of nitrogens with zero attached hydrogens (tertiary/aromatic N) is 2. The number of amides is 2. The third-order valence-electron chi connectivity index (χ3n) is 3.64. The topological polar surface area (TPSA) is 72.9 Å². The summed E-state index contributed by atoms with van der Waals surface area (Å²) >= 11 is 7.02. The number of carbonyl (C=O) groups excluding carboxylic acids is 2. The second-order valence-electron chi connectivity index (χ2n) is 5.56. The third kappa shape index (κ3) is 4.42. The minimum absolute atomic E-state index is 0.00270. The lowest BCUT2D eigenvalue weighted by atomic mass is 10.0. The molecule has 8 heteroatoms. The smallest absolute Gasteiger partial charge is 0.261 e. The number of β-amino-alcohol motifs (C(OH)–C–C–N with tert-alkyl or cyclic N) is 1. The molecule has 122 valence electrons. The predicted octanol–water partition coefficient (Wildman–Crippen LogP) is 0.655. The fourth-order valence-electron chi connectivity index (χ4n) is 2.32. The van der Waals surface area contributed by atoms with E-state index in [1.165, 1.54) is 16.2 Å². The van der Waals surface area contributed by atoms with Gasteiger partial charge in [0.2, 0.25) is 5.91 Å². The second-order valence-corrected chi connectivity index (χ2v) is 7.28. The van der Waals surface area contributed by atoms with Crippen molar-refractivity contribution in [1.29, 1.82) is 0 Å². The number of likely N-dealkylation sites (tertiary alicyclic amines) is 1. The summed E-state index contributed by atoms with van der Waals surface area (Å²) in [6, 6.07) is 3.03. The molecule has 2 rings (SSSR count). The van der Waals surface area contributed by atoms with E-state index < -0.39 is 6.10 Å². The van der Waals surface area contributed by atoms with E-state index in [4.69, 9.17) is 11.6 Å². The van der Waals surface area contributed by atoms with Gasteiger partial charge in [0.1, 0.15) is 0 Å². The zero-order valence-corrected chi connectivity index (χ0v) is 14.2. The highest BCUT2D eigenvalue weighted by atomic mass is 35.5. The number of likely N-dealkylation sites (N-methyl/N-ethyl adjacent to an activating group) is 1. The Hall–Kier alpha value is -1.15. The number of nitrogens with one attached hydrogen (secondary N) is 1. The van der Waals surface area contributed by atoms with Crippen LogP contribution >= 0.6 is 22.9 Å². The van der Waals surface area contributed by atoms with E-state index in [0.717, 1.165) is 0 Å². The van der Waals surface area contributed by atoms with Gasteiger partial charge in [-0.05, 0) is 18.6 Å². The molecule has 0 bridgehead atoms. The number of halogens is 1. The summed E-state index contributed by atoms with van der Waals surface area (Å²) in [5.41, 5.74) is 0. The lowest BCUT2D eigenvalue weighted by molar-refractivity contribution is -0.130. The molecule has 2 N–H and O–H groups in total. The number of carbonyl (C=O) groups is 2. The summed E-state index contributed by atoms with van der Waals surface area (Å²) in [5.74, 6) is -0.221. The van der Waals surface area contributed by atoms with Crippen molar-refractivity contribution in [3.8, 4) is 0 Å². The van der Waals surface area contributed by atoms with Crippen LogP contribution in [-0.4, -0.2) is 72.6 Å². The monoisotopic (exact) mass is 345 g/mol. The van der Waals surface area contributed by atoms with Gasteiger partial charge in [-0.3, -0.25) is 14.5 Å². The molecule has 2 heterocycles. The Labute approximate surface area is 138 Å². The molecule has 1 fully saturated rings. The van der Waals surface area contributed by atoms with Gasteiger partial charge in [0, 0.05) is 27.2 Å². The summed E-state index contributed by atoms with van der Waals surface area (Å²) in [5, 5.41) is 13.0. The molecule has 1 aliphatic rings. The van der Waals surface area contributed by atoms with Gasteiger partial charge >= 0.3 is 0 Å². The Kier molecular flexibility index (Phi) is 5.80. The summed E-state index contributed by atoms with van der Waals surface area (Å²) in [4.78, 5) is 27.7. The largest absolute Gasteiger partial charge is 0.390 e. The first kappa shape index (κ1) is 17.2. The Morgan fingerprint density at radius 1 is 1.50 bits per heavy atom. The fraction of sp³-hybridized carbons (Fsp3) is 0.571. The highest BCUT2D eigenvalue weighted by Crippen LogP contribution is 2.22. The molecule has 1 aromatic heterocycles. The van der Waals surface area contributed by atoms with Gasteiger partial charge < -0.3 is 15.3 Å². The molecule has 2 amide bonds. The molecule has 6 nitrogen and oxygen atoms in total. The van der Waals surface area contributed by atoms with Crippen LogP contribution in [0.4, 0.5) is 0 Å². The van der Waals surface area contributed by atoms with E-state index >= 15 is 0 Å². The van der Waals surface area contributed by atoms with E-state index in [1.807, 2.05) is 4.90 Å². The molecule has 0 aromatic carbocycles. The van der Waals surface area contributed by atoms with Crippen LogP contribution in [-0.2, 0) is 4.79 Å². The van der Waals surface area contributed by atoms with Crippen LogP contribution in [0.15, 0.2) is 12.1 Å². The minimum Gasteiger partial charge on any atom is -0.390 e. The summed E-state index contributed by atoms with van der Waals surface area (Å²) in [6.07, 6.45) is -0.0877. The van der Waals surface area contributed by atoms with Crippen molar-refractivity contribution in [2.75, 3.05) is 33.7 Å². The van der Waals surface area contributed by atoms with Gasteiger partial charge in [0.05, 0.1) is 27.9 Å². The molecule has 0 aliphatic carbocycles. The van der Waals surface area contributed by atoms with Gasteiger partial charge in [0.15, 0.2) is 0 Å². The number of aliphatic hydroxyl groups is 1. The van der Waals surface area contributed by atoms with Crippen molar-refractivity contribution >= 4 is 34.8 Å². The highest BCUT2D eigenvalue weighted by Gasteiger charge is 2.30. The molecule has 0 saturated carbocycles. The van der Waals surface area contributed by atoms with Crippen LogP contribution in [0, 0.1) is 0 Å². The first-order valence-corrected chi connectivity index (χ1v) is 8.23. The Morgan fingerprint density at radius 2 is 2.23 bits per heavy atom. The normalized spacial score (nSPS) is 22.4. The van der Waals surface area contributed by atoms with Crippen molar-refractivity contribution in [2.45, 2.75) is 18.6 Å². The molecule has 0 radical (unpaired) electrons.